The van der Waals surface area contributed by atoms with Gasteiger partial charge in [-0.2, -0.15) is 9.90 Å². The summed E-state index contributed by atoms with van der Waals surface area (Å²) in [7, 11) is 0. The van der Waals surface area contributed by atoms with Gasteiger partial charge in [0.1, 0.15) is 0 Å². The summed E-state index contributed by atoms with van der Waals surface area (Å²) in [6.07, 6.45) is 1.20. The second-order valence-electron chi connectivity index (χ2n) is 4.33. The van der Waals surface area contributed by atoms with Crippen LogP contribution in [0.1, 0.15) is 23.8 Å². The van der Waals surface area contributed by atoms with Crippen molar-refractivity contribution in [2.45, 2.75) is 19.4 Å². The molecule has 1 amide bonds. The molecule has 0 fully saturated rings. The topological polar surface area (TPSA) is 97.1 Å². The van der Waals surface area contributed by atoms with Crippen LogP contribution in [0.2, 0.25) is 0 Å². The van der Waals surface area contributed by atoms with E-state index in [9.17, 15) is 9.59 Å². The number of nitrogens with zero attached hydrogens (tertiary/aromatic N) is 3. The van der Waals surface area contributed by atoms with Crippen molar-refractivity contribution in [3.63, 3.8) is 0 Å². The minimum atomic E-state index is -0.967. The van der Waals surface area contributed by atoms with Gasteiger partial charge in [0, 0.05) is 6.04 Å². The van der Waals surface area contributed by atoms with E-state index in [1.54, 1.807) is 6.92 Å². The molecule has 1 aromatic heterocycles. The quantitative estimate of drug-likeness (QED) is 0.842. The molecular formula is C13H14N4O3. The molecule has 1 unspecified atom stereocenters. The Kier molecular flexibility index (Phi) is 4.09. The van der Waals surface area contributed by atoms with E-state index in [-0.39, 0.29) is 12.1 Å². The third-order valence-electron chi connectivity index (χ3n) is 2.57. The number of carbonyl (C=O) groups is 2. The largest absolute Gasteiger partial charge is 0.481 e. The summed E-state index contributed by atoms with van der Waals surface area (Å²) in [5, 5.41) is 19.3. The van der Waals surface area contributed by atoms with Crippen molar-refractivity contribution in [3.05, 3.63) is 42.2 Å². The van der Waals surface area contributed by atoms with Gasteiger partial charge in [-0.3, -0.25) is 9.59 Å². The highest BCUT2D eigenvalue weighted by Gasteiger charge is 2.15. The van der Waals surface area contributed by atoms with E-state index in [1.165, 1.54) is 11.0 Å². The van der Waals surface area contributed by atoms with Crippen LogP contribution in [-0.2, 0) is 4.79 Å². The first-order valence-corrected chi connectivity index (χ1v) is 6.06. The fraction of sp³-hybridized carbons (Fsp3) is 0.231. The molecule has 7 heteroatoms. The Bertz CT molecular complexity index is 609. The van der Waals surface area contributed by atoms with Gasteiger partial charge in [-0.25, -0.2) is 0 Å². The Hall–Kier alpha value is -2.70. The second-order valence-corrected chi connectivity index (χ2v) is 4.33. The Morgan fingerprint density at radius 2 is 2.05 bits per heavy atom. The van der Waals surface area contributed by atoms with Gasteiger partial charge in [-0.1, -0.05) is 18.2 Å². The first-order chi connectivity index (χ1) is 9.56. The third kappa shape index (κ3) is 3.41. The lowest BCUT2D eigenvalue weighted by Crippen LogP contribution is -2.34. The summed E-state index contributed by atoms with van der Waals surface area (Å²) in [5.74, 6) is -1.41. The zero-order valence-corrected chi connectivity index (χ0v) is 10.9. The molecule has 0 aliphatic heterocycles. The number of amides is 1. The molecule has 2 N–H and O–H groups in total. The molecule has 0 radical (unpaired) electrons. The summed E-state index contributed by atoms with van der Waals surface area (Å²) in [6, 6.07) is 8.71. The van der Waals surface area contributed by atoms with E-state index < -0.39 is 17.9 Å². The van der Waals surface area contributed by atoms with E-state index >= 15 is 0 Å². The molecule has 1 aromatic carbocycles. The van der Waals surface area contributed by atoms with Crippen molar-refractivity contribution in [1.82, 2.24) is 20.3 Å². The van der Waals surface area contributed by atoms with Gasteiger partial charge >= 0.3 is 5.97 Å². The number of carbonyl (C=O) groups excluding carboxylic acids is 1. The molecular weight excluding hydrogens is 260 g/mol. The van der Waals surface area contributed by atoms with E-state index in [2.05, 4.69) is 15.5 Å². The Morgan fingerprint density at radius 3 is 2.70 bits per heavy atom. The number of nitrogens with one attached hydrogen (secondary N) is 1. The molecule has 0 saturated heterocycles. The van der Waals surface area contributed by atoms with Crippen LogP contribution in [0.15, 0.2) is 36.5 Å². The van der Waals surface area contributed by atoms with Crippen molar-refractivity contribution in [1.29, 1.82) is 0 Å². The normalized spacial score (nSPS) is 11.8. The molecule has 0 spiro atoms. The van der Waals surface area contributed by atoms with Gasteiger partial charge < -0.3 is 10.4 Å². The molecule has 0 aliphatic carbocycles. The van der Waals surface area contributed by atoms with Crippen LogP contribution in [0.5, 0.6) is 0 Å². The standard InChI is InChI=1S/C13H14N4O3/c1-9(7-12(18)19)15-13(20)11-8-14-17(16-11)10-5-3-2-4-6-10/h2-6,8-9H,7H2,1H3,(H,15,20)(H,18,19). The summed E-state index contributed by atoms with van der Waals surface area (Å²) >= 11 is 0. The number of carboxylic acid groups (broad SMARTS) is 1. The molecule has 0 aliphatic rings. The Morgan fingerprint density at radius 1 is 1.35 bits per heavy atom. The monoisotopic (exact) mass is 274 g/mol. The summed E-state index contributed by atoms with van der Waals surface area (Å²) in [5.41, 5.74) is 0.885. The number of hydrogen-bond acceptors (Lipinski definition) is 4. The number of para-hydroxylation sites is 1. The lowest BCUT2D eigenvalue weighted by Gasteiger charge is -2.09. The van der Waals surface area contributed by atoms with Crippen molar-refractivity contribution >= 4 is 11.9 Å². The molecule has 1 heterocycles. The first kappa shape index (κ1) is 13.7. The fourth-order valence-corrected chi connectivity index (χ4v) is 1.66. The zero-order valence-electron chi connectivity index (χ0n) is 10.9. The highest BCUT2D eigenvalue weighted by Crippen LogP contribution is 2.04. The maximum atomic E-state index is 11.9. The second kappa shape index (κ2) is 5.96. The highest BCUT2D eigenvalue weighted by molar-refractivity contribution is 5.92. The predicted octanol–water partition coefficient (Wildman–Crippen LogP) is 0.860. The molecule has 2 aromatic rings. The molecule has 1 atom stereocenters. The first-order valence-electron chi connectivity index (χ1n) is 6.06. The van der Waals surface area contributed by atoms with Crippen LogP contribution in [-0.4, -0.2) is 38.0 Å². The van der Waals surface area contributed by atoms with E-state index in [0.29, 0.717) is 0 Å². The van der Waals surface area contributed by atoms with Gasteiger partial charge in [0.15, 0.2) is 5.69 Å². The average Bonchev–Trinajstić information content (AvgIpc) is 2.88. The molecule has 20 heavy (non-hydrogen) atoms. The van der Waals surface area contributed by atoms with Crippen molar-refractivity contribution in [3.8, 4) is 5.69 Å². The van der Waals surface area contributed by atoms with Crippen LogP contribution in [0.4, 0.5) is 0 Å². The van der Waals surface area contributed by atoms with Crippen molar-refractivity contribution in [2.75, 3.05) is 0 Å². The molecule has 0 saturated carbocycles. The summed E-state index contributed by atoms with van der Waals surface area (Å²) in [6.45, 7) is 1.62. The smallest absolute Gasteiger partial charge is 0.305 e. The van der Waals surface area contributed by atoms with Crippen LogP contribution in [0, 0.1) is 0 Å². The minimum absolute atomic E-state index is 0.140. The van der Waals surface area contributed by atoms with Gasteiger partial charge in [-0.05, 0) is 19.1 Å². The number of carboxylic acids is 1. The van der Waals surface area contributed by atoms with E-state index in [0.717, 1.165) is 5.69 Å². The summed E-state index contributed by atoms with van der Waals surface area (Å²) < 4.78 is 0. The number of aromatic nitrogens is 3. The number of hydrogen-bond donors (Lipinski definition) is 2. The summed E-state index contributed by atoms with van der Waals surface area (Å²) in [4.78, 5) is 23.7. The van der Waals surface area contributed by atoms with E-state index in [1.807, 2.05) is 30.3 Å². The number of benzene rings is 1. The van der Waals surface area contributed by atoms with Gasteiger partial charge in [0.2, 0.25) is 0 Å². The lowest BCUT2D eigenvalue weighted by atomic mass is 10.2. The van der Waals surface area contributed by atoms with Gasteiger partial charge in [0.05, 0.1) is 18.3 Å². The van der Waals surface area contributed by atoms with Crippen molar-refractivity contribution < 1.29 is 14.7 Å². The zero-order chi connectivity index (χ0) is 14.5. The van der Waals surface area contributed by atoms with Crippen LogP contribution < -0.4 is 5.32 Å². The number of aliphatic carboxylic acids is 1. The Labute approximate surface area is 115 Å². The van der Waals surface area contributed by atoms with E-state index in [4.69, 9.17) is 5.11 Å². The third-order valence-corrected chi connectivity index (χ3v) is 2.57. The predicted molar refractivity (Wildman–Crippen MR) is 70.5 cm³/mol. The minimum Gasteiger partial charge on any atom is -0.481 e. The highest BCUT2D eigenvalue weighted by atomic mass is 16.4. The van der Waals surface area contributed by atoms with Crippen molar-refractivity contribution in [2.24, 2.45) is 0 Å². The lowest BCUT2D eigenvalue weighted by molar-refractivity contribution is -0.137. The molecule has 104 valence electrons. The number of rotatable bonds is 5. The molecule has 0 bridgehead atoms. The fourth-order valence-electron chi connectivity index (χ4n) is 1.66. The maximum Gasteiger partial charge on any atom is 0.305 e. The van der Waals surface area contributed by atoms with Gasteiger partial charge in [0.25, 0.3) is 5.91 Å². The molecule has 7 nitrogen and oxygen atoms in total. The molecule has 2 rings (SSSR count). The SMILES string of the molecule is CC(CC(=O)O)NC(=O)c1cnn(-c2ccccc2)n1. The Balaban J connectivity index is 2.05. The van der Waals surface area contributed by atoms with Gasteiger partial charge in [-0.15, -0.1) is 5.10 Å². The van der Waals surface area contributed by atoms with Crippen LogP contribution >= 0.6 is 0 Å². The maximum absolute atomic E-state index is 11.9. The average molecular weight is 274 g/mol. The van der Waals surface area contributed by atoms with Crippen LogP contribution in [0.25, 0.3) is 5.69 Å². The van der Waals surface area contributed by atoms with Crippen LogP contribution in [0.3, 0.4) is 0 Å².